The van der Waals surface area contributed by atoms with Gasteiger partial charge < -0.3 is 54.3 Å². The summed E-state index contributed by atoms with van der Waals surface area (Å²) in [4.78, 5) is 51.8. The molecule has 0 aromatic heterocycles. The zero-order chi connectivity index (χ0) is 40.7. The second kappa shape index (κ2) is 15.8. The molecule has 10 rings (SSSR count). The number of para-hydroxylation sites is 4. The van der Waals surface area contributed by atoms with Gasteiger partial charge >= 0.3 is 58.3 Å². The molecule has 0 amide bonds. The van der Waals surface area contributed by atoms with E-state index in [-0.39, 0.29) is 79.4 Å². The third kappa shape index (κ3) is 7.54. The van der Waals surface area contributed by atoms with Crippen molar-refractivity contribution in [1.29, 1.82) is 0 Å². The van der Waals surface area contributed by atoms with Gasteiger partial charge in [0.25, 0.3) is 0 Å². The van der Waals surface area contributed by atoms with E-state index in [4.69, 9.17) is 54.3 Å². The normalized spacial score (nSPS) is 19.5. The summed E-state index contributed by atoms with van der Waals surface area (Å²) >= 11 is 0. The quantitative estimate of drug-likeness (QED) is 0.125. The van der Waals surface area contributed by atoms with Crippen LogP contribution in [0.25, 0.3) is 11.1 Å². The highest BCUT2D eigenvalue weighted by Crippen LogP contribution is 2.56. The summed E-state index contributed by atoms with van der Waals surface area (Å²) in [6.45, 7) is 0. The van der Waals surface area contributed by atoms with Gasteiger partial charge in [-0.3, -0.25) is 0 Å². The largest absolute Gasteiger partial charge is 0.532 e. The predicted molar refractivity (Wildman–Crippen MR) is 212 cm³/mol. The minimum absolute atomic E-state index is 0.0419. The summed E-state index contributed by atoms with van der Waals surface area (Å²) in [5.74, 6) is -1.43. The third-order valence-corrected chi connectivity index (χ3v) is 12.7. The van der Waals surface area contributed by atoms with Gasteiger partial charge in [-0.25, -0.2) is 19.2 Å². The first-order valence-electron chi connectivity index (χ1n) is 17.5. The number of hydrogen-bond acceptors (Lipinski definition) is 16. The Morgan fingerprint density at radius 2 is 0.650 bits per heavy atom. The lowest BCUT2D eigenvalue weighted by molar-refractivity contribution is 0.0684. The Balaban J connectivity index is 1.05. The highest BCUT2D eigenvalue weighted by Gasteiger charge is 2.38. The maximum Gasteiger partial charge on any atom is 0.532 e. The monoisotopic (exact) mass is 882 g/mol. The number of carbonyl (C=O) groups is 4. The van der Waals surface area contributed by atoms with E-state index in [1.807, 2.05) is 0 Å². The van der Waals surface area contributed by atoms with Crippen LogP contribution in [0.5, 0.6) is 46.0 Å². The highest BCUT2D eigenvalue weighted by molar-refractivity contribution is 7.44. The van der Waals surface area contributed by atoms with Crippen LogP contribution in [0.4, 0.5) is 0 Å². The molecular formula is C40H22O16P4. The van der Waals surface area contributed by atoms with Gasteiger partial charge in [-0.2, -0.15) is 0 Å². The van der Waals surface area contributed by atoms with E-state index in [9.17, 15) is 19.2 Å². The Hall–Kier alpha value is -6.68. The molecule has 4 aliphatic heterocycles. The summed E-state index contributed by atoms with van der Waals surface area (Å²) in [6, 6.07) is 35.3. The summed E-state index contributed by atoms with van der Waals surface area (Å²) in [5.41, 5.74) is 1.30. The Kier molecular flexibility index (Phi) is 9.91. The summed E-state index contributed by atoms with van der Waals surface area (Å²) in [7, 11) is -9.49. The van der Waals surface area contributed by atoms with Gasteiger partial charge in [0.2, 0.25) is 0 Å². The molecule has 60 heavy (non-hydrogen) atoms. The lowest BCUT2D eigenvalue weighted by Gasteiger charge is -2.26. The molecule has 0 saturated carbocycles. The van der Waals surface area contributed by atoms with Crippen LogP contribution >= 0.6 is 34.4 Å². The van der Waals surface area contributed by atoms with Crippen molar-refractivity contribution in [3.05, 3.63) is 156 Å². The molecule has 6 aromatic rings. The first-order valence-corrected chi connectivity index (χ1v) is 21.9. The fraction of sp³-hybridized carbons (Fsp3) is 0. The molecule has 4 heterocycles. The van der Waals surface area contributed by atoms with E-state index in [2.05, 4.69) is 0 Å². The topological polar surface area (TPSA) is 179 Å². The van der Waals surface area contributed by atoms with Crippen LogP contribution < -0.4 is 36.2 Å². The number of fused-ring (bicyclic) bond motifs is 4. The van der Waals surface area contributed by atoms with Gasteiger partial charge in [-0.05, 0) is 78.4 Å². The van der Waals surface area contributed by atoms with Crippen molar-refractivity contribution in [3.63, 3.8) is 0 Å². The molecule has 0 spiro atoms. The molecule has 298 valence electrons. The van der Waals surface area contributed by atoms with Crippen LogP contribution in [0.2, 0.25) is 0 Å². The van der Waals surface area contributed by atoms with Gasteiger partial charge in [-0.1, -0.05) is 54.6 Å². The zero-order valence-corrected chi connectivity index (χ0v) is 33.6. The lowest BCUT2D eigenvalue weighted by Crippen LogP contribution is -2.15. The van der Waals surface area contributed by atoms with Crippen molar-refractivity contribution in [3.8, 4) is 57.1 Å². The second-order valence-electron chi connectivity index (χ2n) is 12.4. The summed E-state index contributed by atoms with van der Waals surface area (Å²) in [6.07, 6.45) is 0. The van der Waals surface area contributed by atoms with E-state index >= 15 is 0 Å². The molecule has 0 bridgehead atoms. The van der Waals surface area contributed by atoms with Crippen LogP contribution in [-0.4, -0.2) is 23.9 Å². The molecule has 0 N–H and O–H groups in total. The van der Waals surface area contributed by atoms with Gasteiger partial charge in [0.1, 0.15) is 68.2 Å². The summed E-state index contributed by atoms with van der Waals surface area (Å²) < 4.78 is 70.7. The molecule has 4 atom stereocenters. The zero-order valence-electron chi connectivity index (χ0n) is 30.0. The number of hydrogen-bond donors (Lipinski definition) is 0. The van der Waals surface area contributed by atoms with Gasteiger partial charge in [-0.15, -0.1) is 0 Å². The lowest BCUT2D eigenvalue weighted by atomic mass is 10.0. The van der Waals surface area contributed by atoms with E-state index in [0.717, 1.165) is 0 Å². The molecule has 16 nitrogen and oxygen atoms in total. The average Bonchev–Trinajstić information content (AvgIpc) is 3.24. The van der Waals surface area contributed by atoms with Crippen LogP contribution in [-0.2, 0) is 18.1 Å². The summed E-state index contributed by atoms with van der Waals surface area (Å²) in [5, 5.41) is 0. The standard InChI is InChI=1S/C40H22O16P4/c41-37-26-10-1-5-14-30(26)47-57(53-37)45-24-20-23(21-25(22-24)46-58-48-31-15-6-2-11-27(31)38(42)54-58)36-34(51-59-49-32-16-7-3-12-28(32)39(43)55-59)18-9-19-35(36)52-60-50-33-17-8-4-13-29(33)40(44)56-60/h1-22H. The van der Waals surface area contributed by atoms with Crippen LogP contribution in [0, 0.1) is 0 Å². The Morgan fingerprint density at radius 1 is 0.333 bits per heavy atom. The highest BCUT2D eigenvalue weighted by atomic mass is 31.2. The maximum absolute atomic E-state index is 13.0. The third-order valence-electron chi connectivity index (χ3n) is 8.61. The predicted octanol–water partition coefficient (Wildman–Crippen LogP) is 10.8. The molecule has 0 aliphatic carbocycles. The molecule has 20 heteroatoms. The molecular weight excluding hydrogens is 860 g/mol. The molecule has 4 unspecified atom stereocenters. The van der Waals surface area contributed by atoms with Crippen molar-refractivity contribution in [2.24, 2.45) is 0 Å². The van der Waals surface area contributed by atoms with Crippen molar-refractivity contribution in [2.75, 3.05) is 0 Å². The van der Waals surface area contributed by atoms with Crippen molar-refractivity contribution >= 4 is 58.3 Å². The van der Waals surface area contributed by atoms with Crippen molar-refractivity contribution < 1.29 is 73.5 Å². The first-order chi connectivity index (χ1) is 29.3. The van der Waals surface area contributed by atoms with Gasteiger partial charge in [0.05, 0.1) is 5.56 Å². The second-order valence-corrected chi connectivity index (χ2v) is 16.4. The molecule has 0 saturated heterocycles. The Labute approximate surface area is 343 Å². The minimum atomic E-state index is -2.38. The minimum Gasteiger partial charge on any atom is -0.408 e. The van der Waals surface area contributed by atoms with E-state index in [0.29, 0.717) is 0 Å². The first kappa shape index (κ1) is 37.6. The van der Waals surface area contributed by atoms with E-state index in [1.54, 1.807) is 115 Å². The maximum atomic E-state index is 13.0. The average molecular weight is 882 g/mol. The van der Waals surface area contributed by atoms with Crippen molar-refractivity contribution in [2.45, 2.75) is 0 Å². The number of carbonyl (C=O) groups excluding carboxylic acids is 4. The van der Waals surface area contributed by atoms with E-state index < -0.39 is 58.3 Å². The van der Waals surface area contributed by atoms with Gasteiger partial charge in [0.15, 0.2) is 0 Å². The number of rotatable bonds is 9. The molecule has 0 radical (unpaired) electrons. The Morgan fingerprint density at radius 3 is 1.00 bits per heavy atom. The Bertz CT molecular complexity index is 2560. The van der Waals surface area contributed by atoms with E-state index in [1.165, 1.54) is 18.2 Å². The fourth-order valence-corrected chi connectivity index (χ4v) is 9.82. The van der Waals surface area contributed by atoms with Crippen LogP contribution in [0.3, 0.4) is 0 Å². The SMILES string of the molecule is O=C1OP(Oc2cc(OP3OC(=O)c4ccccc4O3)cc(-c3c(OP4OC(=O)c5ccccc5O4)cccc3OP3OC(=O)c4ccccc4O3)c2)Oc2ccccc21. The smallest absolute Gasteiger partial charge is 0.408 e. The molecule has 0 fully saturated rings. The molecule has 4 aliphatic rings. The fourth-order valence-electron chi connectivity index (χ4n) is 5.97. The van der Waals surface area contributed by atoms with Crippen molar-refractivity contribution in [1.82, 2.24) is 0 Å². The van der Waals surface area contributed by atoms with Crippen LogP contribution in [0.15, 0.2) is 133 Å². The molecule has 6 aromatic carbocycles. The number of benzene rings is 6. The van der Waals surface area contributed by atoms with Crippen LogP contribution in [0.1, 0.15) is 41.4 Å². The van der Waals surface area contributed by atoms with Gasteiger partial charge in [0, 0.05) is 6.07 Å².